The molecule has 0 bridgehead atoms. The number of aromatic nitrogens is 4. The van der Waals surface area contributed by atoms with Crippen LogP contribution in [0.3, 0.4) is 0 Å². The third-order valence-corrected chi connectivity index (χ3v) is 13.0. The van der Waals surface area contributed by atoms with E-state index in [1.807, 2.05) is 75.5 Å². The molecule has 0 unspecified atom stereocenters. The Hall–Kier alpha value is -3.58. The van der Waals surface area contributed by atoms with Crippen LogP contribution < -0.4 is 4.40 Å². The van der Waals surface area contributed by atoms with Gasteiger partial charge in [-0.25, -0.2) is 4.98 Å². The number of furan rings is 1. The molecule has 3 aromatic carbocycles. The molecule has 7 heteroatoms. The number of fused-ring (bicyclic) bond motifs is 4. The number of nitrogens with zero attached hydrogens (tertiary/aromatic N) is 4. The second-order valence-electron chi connectivity index (χ2n) is 15.1. The predicted octanol–water partition coefficient (Wildman–Crippen LogP) is 10.7. The van der Waals surface area contributed by atoms with E-state index in [1.165, 1.54) is 5.56 Å². The van der Waals surface area contributed by atoms with Gasteiger partial charge in [-0.2, -0.15) is 0 Å². The molecule has 0 amide bonds. The summed E-state index contributed by atoms with van der Waals surface area (Å²) in [7, 11) is 0. The topological polar surface area (TPSA) is 56.7 Å². The van der Waals surface area contributed by atoms with Gasteiger partial charge in [-0.1, -0.05) is 23.1 Å². The van der Waals surface area contributed by atoms with Crippen LogP contribution in [0.5, 0.6) is 0 Å². The van der Waals surface area contributed by atoms with E-state index in [9.17, 15) is 0 Å². The van der Waals surface area contributed by atoms with Gasteiger partial charge in [-0.15, -0.1) is 18.2 Å². The molecule has 0 saturated heterocycles. The molecule has 0 aliphatic heterocycles. The Morgan fingerprint density at radius 1 is 0.940 bits per heavy atom. The van der Waals surface area contributed by atoms with Gasteiger partial charge in [0.2, 0.25) is 5.71 Å². The number of rotatable bonds is 6. The maximum atomic E-state index is 8.70. The molecule has 0 N–H and O–H groups in total. The van der Waals surface area contributed by atoms with Crippen molar-refractivity contribution in [2.75, 3.05) is 0 Å². The van der Waals surface area contributed by atoms with Crippen molar-refractivity contribution in [3.63, 3.8) is 0 Å². The van der Waals surface area contributed by atoms with Gasteiger partial charge in [0.1, 0.15) is 0 Å². The van der Waals surface area contributed by atoms with E-state index in [0.29, 0.717) is 5.71 Å². The van der Waals surface area contributed by atoms with Gasteiger partial charge >= 0.3 is 154 Å². The summed E-state index contributed by atoms with van der Waals surface area (Å²) in [6, 6.07) is 31.0. The molecular formula is C43H48GeIrN4O-2. The number of imidazole rings is 1. The minimum Gasteiger partial charge on any atom is 0 e. The standard InChI is InChI=1S/C22H32GeN.C21H16N3O.Ir/c1-16(2)12-18-14-21(24-15-20(18)23(6,7)8)17-10-9-11-19(13-17)22(3,4)5;1-3-24-18-10-5-4-9-17(18)23-20(24)16-8-6-7-14-15-12-11-13(2)22-21(15)25-19(14)16;/h9,11,13-16H,12H2,1-8H3;4-7,9-12H,3H2,1-2H3;/q2*-1;/i12D2;;. The third kappa shape index (κ3) is 7.83. The molecule has 7 rings (SSSR count). The van der Waals surface area contributed by atoms with Gasteiger partial charge in [0, 0.05) is 37.7 Å². The molecule has 4 heterocycles. The fourth-order valence-corrected chi connectivity index (χ4v) is 9.12. The summed E-state index contributed by atoms with van der Waals surface area (Å²) < 4.78 is 26.9. The predicted molar refractivity (Wildman–Crippen MR) is 208 cm³/mol. The number of benzene rings is 3. The number of pyridine rings is 2. The van der Waals surface area contributed by atoms with Crippen molar-refractivity contribution in [3.8, 4) is 22.6 Å². The third-order valence-electron chi connectivity index (χ3n) is 8.73. The van der Waals surface area contributed by atoms with Crippen LogP contribution >= 0.6 is 0 Å². The quantitative estimate of drug-likeness (QED) is 0.123. The van der Waals surface area contributed by atoms with E-state index < -0.39 is 19.6 Å². The zero-order valence-electron chi connectivity index (χ0n) is 32.8. The van der Waals surface area contributed by atoms with Crippen LogP contribution in [0.25, 0.3) is 55.7 Å². The second-order valence-corrected chi connectivity index (χ2v) is 25.6. The zero-order valence-corrected chi connectivity index (χ0v) is 35.3. The van der Waals surface area contributed by atoms with Crippen molar-refractivity contribution in [2.45, 2.75) is 84.1 Å². The van der Waals surface area contributed by atoms with Crippen molar-refractivity contribution in [1.82, 2.24) is 19.5 Å². The molecule has 0 aliphatic carbocycles. The van der Waals surface area contributed by atoms with Gasteiger partial charge in [0.25, 0.3) is 0 Å². The summed E-state index contributed by atoms with van der Waals surface area (Å²) >= 11 is -2.25. The summed E-state index contributed by atoms with van der Waals surface area (Å²) in [4.78, 5) is 14.1. The zero-order chi connectivity index (χ0) is 36.9. The summed E-state index contributed by atoms with van der Waals surface area (Å²) in [5.41, 5.74) is 9.24. The minimum absolute atomic E-state index is 0. The van der Waals surface area contributed by atoms with E-state index in [1.54, 1.807) is 0 Å². The molecule has 5 nitrogen and oxygen atoms in total. The second kappa shape index (κ2) is 15.0. The average Bonchev–Trinajstić information content (AvgIpc) is 3.65. The van der Waals surface area contributed by atoms with Gasteiger partial charge in [0.05, 0.1) is 22.4 Å². The molecule has 0 fully saturated rings. The molecular weight excluding hydrogens is 853 g/mol. The SMILES string of the molecule is CCn1c(-c2[c-]ccc3c2oc2nc(C)ccc23)nc2ccccc21.[2H]C([2H])(c1cc(-c2[c-]ccc(C(C)(C)C)c2)nc[c]1[Ge]([CH3])([CH3])[CH3])C(C)C.[Ir]. The van der Waals surface area contributed by atoms with Gasteiger partial charge in [-0.3, -0.25) is 4.98 Å². The summed E-state index contributed by atoms with van der Waals surface area (Å²) in [6.07, 6.45) is 0.565. The monoisotopic (exact) mass is 905 g/mol. The molecule has 261 valence electrons. The molecule has 1 radical (unpaired) electrons. The first-order valence-corrected chi connectivity index (χ1v) is 24.5. The summed E-state index contributed by atoms with van der Waals surface area (Å²) in [5.74, 6) is 7.67. The Labute approximate surface area is 316 Å². The van der Waals surface area contributed by atoms with E-state index in [-0.39, 0.29) is 31.4 Å². The van der Waals surface area contributed by atoms with Gasteiger partial charge in [-0.05, 0) is 38.1 Å². The summed E-state index contributed by atoms with van der Waals surface area (Å²) in [5, 5.41) is 2.07. The van der Waals surface area contributed by atoms with Crippen LogP contribution in [-0.2, 0) is 38.4 Å². The minimum atomic E-state index is -2.25. The van der Waals surface area contributed by atoms with Crippen molar-refractivity contribution in [2.24, 2.45) is 5.92 Å². The van der Waals surface area contributed by atoms with Crippen LogP contribution in [0.2, 0.25) is 17.3 Å². The first kappa shape index (κ1) is 34.9. The molecule has 7 aromatic rings. The van der Waals surface area contributed by atoms with E-state index in [2.05, 4.69) is 90.9 Å². The molecule has 0 spiro atoms. The van der Waals surface area contributed by atoms with Gasteiger partial charge < -0.3 is 8.98 Å². The van der Waals surface area contributed by atoms with E-state index in [0.717, 1.165) is 72.2 Å². The molecule has 0 atom stereocenters. The van der Waals surface area contributed by atoms with Crippen LogP contribution in [0.15, 0.2) is 83.4 Å². The number of aryl methyl sites for hydroxylation is 2. The normalized spacial score (nSPS) is 12.9. The maximum absolute atomic E-state index is 8.70. The van der Waals surface area contributed by atoms with E-state index in [4.69, 9.17) is 17.1 Å². The van der Waals surface area contributed by atoms with Crippen LogP contribution in [-0.4, -0.2) is 32.8 Å². The summed E-state index contributed by atoms with van der Waals surface area (Å²) in [6.45, 7) is 15.4. The Kier molecular flexibility index (Phi) is 10.4. The molecule has 0 aliphatic rings. The maximum Gasteiger partial charge on any atom is 0 e. The molecule has 4 aromatic heterocycles. The Morgan fingerprint density at radius 3 is 2.38 bits per heavy atom. The molecule has 0 saturated carbocycles. The van der Waals surface area contributed by atoms with Crippen molar-refractivity contribution in [3.05, 3.63) is 108 Å². The largest absolute Gasteiger partial charge is 0 e. The Morgan fingerprint density at radius 2 is 1.68 bits per heavy atom. The fraction of sp³-hybridized carbons (Fsp3) is 0.326. The molecule has 50 heavy (non-hydrogen) atoms. The first-order valence-electron chi connectivity index (χ1n) is 18.2. The number of hydrogen-bond donors (Lipinski definition) is 0. The van der Waals surface area contributed by atoms with Crippen LogP contribution in [0.4, 0.5) is 0 Å². The number of hydrogen-bond acceptors (Lipinski definition) is 4. The van der Waals surface area contributed by atoms with E-state index >= 15 is 0 Å². The Balaban J connectivity index is 0.000000197. The number of para-hydroxylation sites is 2. The van der Waals surface area contributed by atoms with Crippen molar-refractivity contribution in [1.29, 1.82) is 0 Å². The first-order chi connectivity index (χ1) is 24.0. The van der Waals surface area contributed by atoms with Crippen molar-refractivity contribution < 1.29 is 27.3 Å². The van der Waals surface area contributed by atoms with Crippen LogP contribution in [0.1, 0.15) is 61.1 Å². The Bertz CT molecular complexity index is 2370. The average molecular weight is 904 g/mol. The van der Waals surface area contributed by atoms with Gasteiger partial charge in [0.15, 0.2) is 0 Å². The van der Waals surface area contributed by atoms with Crippen LogP contribution in [0, 0.1) is 25.0 Å². The van der Waals surface area contributed by atoms with Crippen molar-refractivity contribution >= 4 is 50.8 Å². The fourth-order valence-electron chi connectivity index (χ4n) is 6.18. The smallest absolute Gasteiger partial charge is 0 e.